The number of esters is 1. The lowest BCUT2D eigenvalue weighted by atomic mass is 10.1. The van der Waals surface area contributed by atoms with Crippen LogP contribution < -0.4 is 4.90 Å². The zero-order valence-electron chi connectivity index (χ0n) is 17.5. The topological polar surface area (TPSA) is 75.6 Å². The number of amides is 1. The van der Waals surface area contributed by atoms with Gasteiger partial charge in [-0.1, -0.05) is 0 Å². The van der Waals surface area contributed by atoms with E-state index in [4.69, 9.17) is 4.74 Å². The van der Waals surface area contributed by atoms with E-state index in [2.05, 4.69) is 14.9 Å². The maximum atomic E-state index is 13.6. The van der Waals surface area contributed by atoms with E-state index in [-0.39, 0.29) is 11.7 Å². The molecule has 0 saturated carbocycles. The first-order chi connectivity index (χ1) is 15.0. The van der Waals surface area contributed by atoms with Gasteiger partial charge in [0.2, 0.25) is 0 Å². The summed E-state index contributed by atoms with van der Waals surface area (Å²) < 4.78 is 18.6. The van der Waals surface area contributed by atoms with E-state index in [1.807, 2.05) is 0 Å². The zero-order chi connectivity index (χ0) is 22.0. The minimum atomic E-state index is -0.392. The van der Waals surface area contributed by atoms with E-state index in [0.29, 0.717) is 60.5 Å². The second-order valence-electron chi connectivity index (χ2n) is 7.38. The highest BCUT2D eigenvalue weighted by molar-refractivity contribution is 6.06. The van der Waals surface area contributed by atoms with Crippen LogP contribution in [0.1, 0.15) is 33.3 Å². The molecule has 0 radical (unpaired) electrons. The van der Waals surface area contributed by atoms with Gasteiger partial charge in [0, 0.05) is 49.5 Å². The number of carbonyl (C=O) groups is 2. The smallest absolute Gasteiger partial charge is 0.339 e. The van der Waals surface area contributed by atoms with Gasteiger partial charge in [-0.05, 0) is 44.2 Å². The van der Waals surface area contributed by atoms with E-state index in [9.17, 15) is 14.0 Å². The first kappa shape index (κ1) is 20.7. The number of ether oxygens (including phenoxy) is 1. The fourth-order valence-corrected chi connectivity index (χ4v) is 3.73. The Kier molecular flexibility index (Phi) is 5.79. The van der Waals surface area contributed by atoms with Gasteiger partial charge in [-0.2, -0.15) is 0 Å². The van der Waals surface area contributed by atoms with Gasteiger partial charge >= 0.3 is 5.97 Å². The number of fused-ring (bicyclic) bond motifs is 1. The second-order valence-corrected chi connectivity index (χ2v) is 7.38. The third-order valence-electron chi connectivity index (χ3n) is 5.28. The summed E-state index contributed by atoms with van der Waals surface area (Å²) >= 11 is 0. The molecule has 3 aromatic rings. The lowest BCUT2D eigenvalue weighted by Gasteiger charge is -2.35. The monoisotopic (exact) mass is 422 g/mol. The van der Waals surface area contributed by atoms with Crippen LogP contribution in [0.25, 0.3) is 10.9 Å². The fourth-order valence-electron chi connectivity index (χ4n) is 3.73. The van der Waals surface area contributed by atoms with Gasteiger partial charge in [0.15, 0.2) is 0 Å². The van der Waals surface area contributed by atoms with E-state index in [1.165, 1.54) is 18.3 Å². The maximum Gasteiger partial charge on any atom is 0.339 e. The molecule has 1 aromatic carbocycles. The van der Waals surface area contributed by atoms with Gasteiger partial charge in [0.05, 0.1) is 23.3 Å². The Bertz CT molecular complexity index is 1120. The molecule has 1 aliphatic rings. The first-order valence-corrected chi connectivity index (χ1v) is 10.2. The molecular formula is C23H23FN4O3. The number of nitrogens with zero attached hydrogens (tertiary/aromatic N) is 4. The van der Waals surface area contributed by atoms with Crippen molar-refractivity contribution in [3.8, 4) is 0 Å². The molecule has 160 valence electrons. The quantitative estimate of drug-likeness (QED) is 0.601. The first-order valence-electron chi connectivity index (χ1n) is 10.2. The van der Waals surface area contributed by atoms with Gasteiger partial charge in [-0.3, -0.25) is 9.78 Å². The molecule has 1 amide bonds. The van der Waals surface area contributed by atoms with Crippen LogP contribution in [0.15, 0.2) is 42.6 Å². The maximum absolute atomic E-state index is 13.6. The molecule has 1 fully saturated rings. The predicted octanol–water partition coefficient (Wildman–Crippen LogP) is 3.22. The molecule has 0 spiro atoms. The highest BCUT2D eigenvalue weighted by Crippen LogP contribution is 2.22. The van der Waals surface area contributed by atoms with Gasteiger partial charge < -0.3 is 14.5 Å². The van der Waals surface area contributed by atoms with Crippen molar-refractivity contribution in [2.45, 2.75) is 13.8 Å². The Morgan fingerprint density at radius 3 is 2.55 bits per heavy atom. The summed E-state index contributed by atoms with van der Waals surface area (Å²) in [5, 5.41) is 0.649. The van der Waals surface area contributed by atoms with Crippen LogP contribution in [-0.2, 0) is 4.74 Å². The van der Waals surface area contributed by atoms with E-state index >= 15 is 0 Å². The van der Waals surface area contributed by atoms with Crippen molar-refractivity contribution in [1.82, 2.24) is 14.9 Å². The number of hydrogen-bond donors (Lipinski definition) is 0. The molecule has 0 N–H and O–H groups in total. The number of halogens is 1. The Hall–Kier alpha value is -3.55. The standard InChI is InChI=1S/C23H23FN4O3/c1-3-31-23(30)16-4-7-21(25-14-16)27-8-10-28(11-9-27)22(29)19-12-15(2)26-20-13-17(24)5-6-18(19)20/h4-7,12-14H,3,8-11H2,1-2H3. The van der Waals surface area contributed by atoms with Crippen molar-refractivity contribution in [2.75, 3.05) is 37.7 Å². The van der Waals surface area contributed by atoms with Crippen molar-refractivity contribution in [3.05, 3.63) is 65.2 Å². The van der Waals surface area contributed by atoms with Crippen LogP contribution >= 0.6 is 0 Å². The number of aryl methyl sites for hydroxylation is 1. The molecule has 8 heteroatoms. The highest BCUT2D eigenvalue weighted by Gasteiger charge is 2.25. The third kappa shape index (κ3) is 4.33. The average molecular weight is 422 g/mol. The highest BCUT2D eigenvalue weighted by atomic mass is 19.1. The number of hydrogen-bond acceptors (Lipinski definition) is 6. The number of piperazine rings is 1. The predicted molar refractivity (Wildman–Crippen MR) is 115 cm³/mol. The van der Waals surface area contributed by atoms with E-state index in [0.717, 1.165) is 5.82 Å². The molecule has 4 rings (SSSR count). The van der Waals surface area contributed by atoms with Crippen LogP contribution in [0.5, 0.6) is 0 Å². The number of benzene rings is 1. The van der Waals surface area contributed by atoms with Crippen molar-refractivity contribution in [2.24, 2.45) is 0 Å². The molecule has 1 saturated heterocycles. The Morgan fingerprint density at radius 1 is 1.10 bits per heavy atom. The van der Waals surface area contributed by atoms with Gasteiger partial charge in [0.25, 0.3) is 5.91 Å². The summed E-state index contributed by atoms with van der Waals surface area (Å²) in [7, 11) is 0. The molecule has 2 aromatic heterocycles. The second kappa shape index (κ2) is 8.67. The van der Waals surface area contributed by atoms with Crippen molar-refractivity contribution >= 4 is 28.6 Å². The van der Waals surface area contributed by atoms with Crippen LogP contribution in [-0.4, -0.2) is 59.5 Å². The molecule has 7 nitrogen and oxygen atoms in total. The van der Waals surface area contributed by atoms with Crippen LogP contribution in [0.2, 0.25) is 0 Å². The Labute approximate surface area is 179 Å². The van der Waals surface area contributed by atoms with Crippen LogP contribution in [0.3, 0.4) is 0 Å². The number of carbonyl (C=O) groups excluding carboxylic acids is 2. The summed E-state index contributed by atoms with van der Waals surface area (Å²) in [4.78, 5) is 37.6. The normalized spacial score (nSPS) is 14.0. The Balaban J connectivity index is 1.46. The summed E-state index contributed by atoms with van der Waals surface area (Å²) in [5.41, 5.74) is 2.10. The van der Waals surface area contributed by atoms with Crippen LogP contribution in [0.4, 0.5) is 10.2 Å². The molecule has 31 heavy (non-hydrogen) atoms. The van der Waals surface area contributed by atoms with Gasteiger partial charge in [0.1, 0.15) is 11.6 Å². The Morgan fingerprint density at radius 2 is 1.87 bits per heavy atom. The lowest BCUT2D eigenvalue weighted by molar-refractivity contribution is 0.0525. The summed E-state index contributed by atoms with van der Waals surface area (Å²) in [6, 6.07) is 9.55. The van der Waals surface area contributed by atoms with E-state index < -0.39 is 5.97 Å². The van der Waals surface area contributed by atoms with Gasteiger partial charge in [-0.25, -0.2) is 14.2 Å². The fraction of sp³-hybridized carbons (Fsp3) is 0.304. The average Bonchev–Trinajstić information content (AvgIpc) is 2.78. The minimum Gasteiger partial charge on any atom is -0.462 e. The SMILES string of the molecule is CCOC(=O)c1ccc(N2CCN(C(=O)c3cc(C)nc4cc(F)ccc34)CC2)nc1. The molecule has 0 atom stereocenters. The lowest BCUT2D eigenvalue weighted by Crippen LogP contribution is -2.49. The minimum absolute atomic E-state index is 0.0904. The molecule has 0 bridgehead atoms. The largest absolute Gasteiger partial charge is 0.462 e. The molecule has 1 aliphatic heterocycles. The van der Waals surface area contributed by atoms with Gasteiger partial charge in [-0.15, -0.1) is 0 Å². The summed E-state index contributed by atoms with van der Waals surface area (Å²) in [6.45, 7) is 6.17. The number of rotatable bonds is 4. The summed E-state index contributed by atoms with van der Waals surface area (Å²) in [6.07, 6.45) is 1.51. The number of pyridine rings is 2. The molecule has 0 unspecified atom stereocenters. The van der Waals surface area contributed by atoms with Crippen LogP contribution in [0, 0.1) is 12.7 Å². The molecule has 3 heterocycles. The molecule has 0 aliphatic carbocycles. The number of anilines is 1. The third-order valence-corrected chi connectivity index (χ3v) is 5.28. The molecular weight excluding hydrogens is 399 g/mol. The number of aromatic nitrogens is 2. The van der Waals surface area contributed by atoms with Crippen molar-refractivity contribution in [1.29, 1.82) is 0 Å². The van der Waals surface area contributed by atoms with Crippen molar-refractivity contribution < 1.29 is 18.7 Å². The van der Waals surface area contributed by atoms with Crippen molar-refractivity contribution in [3.63, 3.8) is 0 Å². The summed E-state index contributed by atoms with van der Waals surface area (Å²) in [5.74, 6) is -0.107. The van der Waals surface area contributed by atoms with E-state index in [1.54, 1.807) is 43.0 Å². The zero-order valence-corrected chi connectivity index (χ0v) is 17.5.